The standard InChI is InChI=1S/C15H24N2O3/c1-15(2,3)20-14(18)17(4)13(10-16)11-7-6-8-12(9-11)19-5/h6-9,13H,10,16H2,1-5H3. The maximum atomic E-state index is 12.1. The summed E-state index contributed by atoms with van der Waals surface area (Å²) in [4.78, 5) is 13.6. The molecule has 0 bridgehead atoms. The lowest BCUT2D eigenvalue weighted by Gasteiger charge is -2.30. The van der Waals surface area contributed by atoms with Crippen molar-refractivity contribution in [2.75, 3.05) is 20.7 Å². The molecule has 0 aliphatic rings. The molecule has 0 spiro atoms. The van der Waals surface area contributed by atoms with E-state index in [0.717, 1.165) is 11.3 Å². The van der Waals surface area contributed by atoms with E-state index in [4.69, 9.17) is 15.2 Å². The summed E-state index contributed by atoms with van der Waals surface area (Å²) in [5.74, 6) is 0.735. The molecule has 5 heteroatoms. The fourth-order valence-corrected chi connectivity index (χ4v) is 1.83. The number of methoxy groups -OCH3 is 1. The Labute approximate surface area is 120 Å². The van der Waals surface area contributed by atoms with Crippen molar-refractivity contribution in [1.29, 1.82) is 0 Å². The lowest BCUT2D eigenvalue weighted by Crippen LogP contribution is -2.39. The molecule has 0 aliphatic carbocycles. The van der Waals surface area contributed by atoms with Crippen molar-refractivity contribution in [3.05, 3.63) is 29.8 Å². The van der Waals surface area contributed by atoms with Crippen molar-refractivity contribution in [2.45, 2.75) is 32.4 Å². The van der Waals surface area contributed by atoms with E-state index in [-0.39, 0.29) is 6.04 Å². The molecule has 1 aromatic rings. The summed E-state index contributed by atoms with van der Waals surface area (Å²) in [6.07, 6.45) is -0.393. The van der Waals surface area contributed by atoms with Gasteiger partial charge < -0.3 is 20.1 Å². The van der Waals surface area contributed by atoms with E-state index in [1.165, 1.54) is 4.90 Å². The molecule has 5 nitrogen and oxygen atoms in total. The second-order valence-electron chi connectivity index (χ2n) is 5.62. The highest BCUT2D eigenvalue weighted by molar-refractivity contribution is 5.68. The quantitative estimate of drug-likeness (QED) is 0.920. The van der Waals surface area contributed by atoms with E-state index in [2.05, 4.69) is 0 Å². The number of nitrogens with two attached hydrogens (primary N) is 1. The van der Waals surface area contributed by atoms with Crippen LogP contribution in [0.15, 0.2) is 24.3 Å². The predicted octanol–water partition coefficient (Wildman–Crippen LogP) is 2.56. The van der Waals surface area contributed by atoms with Gasteiger partial charge in [-0.1, -0.05) is 12.1 Å². The third-order valence-corrected chi connectivity index (χ3v) is 2.85. The van der Waals surface area contributed by atoms with Gasteiger partial charge in [0.15, 0.2) is 0 Å². The summed E-state index contributed by atoms with van der Waals surface area (Å²) < 4.78 is 10.6. The number of carbonyl (C=O) groups excluding carboxylic acids is 1. The van der Waals surface area contributed by atoms with Crippen LogP contribution < -0.4 is 10.5 Å². The molecule has 1 unspecified atom stereocenters. The van der Waals surface area contributed by atoms with Gasteiger partial charge in [0.1, 0.15) is 11.4 Å². The molecule has 0 fully saturated rings. The van der Waals surface area contributed by atoms with Gasteiger partial charge in [-0.2, -0.15) is 0 Å². The Morgan fingerprint density at radius 2 is 2.05 bits per heavy atom. The molecule has 0 aliphatic heterocycles. The Bertz CT molecular complexity index is 455. The first-order chi connectivity index (χ1) is 9.28. The highest BCUT2D eigenvalue weighted by Gasteiger charge is 2.25. The van der Waals surface area contributed by atoms with Gasteiger partial charge in [0.05, 0.1) is 13.2 Å². The molecular formula is C15H24N2O3. The predicted molar refractivity (Wildman–Crippen MR) is 78.8 cm³/mol. The average Bonchev–Trinajstić information content (AvgIpc) is 2.37. The molecular weight excluding hydrogens is 256 g/mol. The Morgan fingerprint density at radius 1 is 1.40 bits per heavy atom. The average molecular weight is 280 g/mol. The highest BCUT2D eigenvalue weighted by Crippen LogP contribution is 2.24. The number of amides is 1. The van der Waals surface area contributed by atoms with E-state index >= 15 is 0 Å². The van der Waals surface area contributed by atoms with Gasteiger partial charge in [-0.05, 0) is 38.5 Å². The largest absolute Gasteiger partial charge is 0.497 e. The summed E-state index contributed by atoms with van der Waals surface area (Å²) in [5.41, 5.74) is 6.20. The molecule has 0 heterocycles. The molecule has 20 heavy (non-hydrogen) atoms. The minimum atomic E-state index is -0.529. The van der Waals surface area contributed by atoms with Crippen LogP contribution in [-0.2, 0) is 4.74 Å². The number of rotatable bonds is 4. The van der Waals surface area contributed by atoms with E-state index in [1.54, 1.807) is 14.2 Å². The number of nitrogens with zero attached hydrogens (tertiary/aromatic N) is 1. The molecule has 1 atom stereocenters. The first-order valence-corrected chi connectivity index (χ1v) is 6.58. The van der Waals surface area contributed by atoms with Gasteiger partial charge in [-0.25, -0.2) is 4.79 Å². The number of likely N-dealkylation sites (N-methyl/N-ethyl adjacent to an activating group) is 1. The van der Waals surface area contributed by atoms with Gasteiger partial charge in [0, 0.05) is 13.6 Å². The van der Waals surface area contributed by atoms with E-state index in [9.17, 15) is 4.79 Å². The van der Waals surface area contributed by atoms with Crippen molar-refractivity contribution in [3.63, 3.8) is 0 Å². The Kier molecular flexibility index (Phi) is 5.39. The third kappa shape index (κ3) is 4.42. The zero-order valence-corrected chi connectivity index (χ0v) is 12.8. The van der Waals surface area contributed by atoms with Crippen molar-refractivity contribution >= 4 is 6.09 Å². The lowest BCUT2D eigenvalue weighted by molar-refractivity contribution is 0.0225. The Hall–Kier alpha value is -1.75. The number of hydrogen-bond donors (Lipinski definition) is 1. The molecule has 0 saturated carbocycles. The molecule has 0 aromatic heterocycles. The van der Waals surface area contributed by atoms with Crippen LogP contribution in [0.5, 0.6) is 5.75 Å². The SMILES string of the molecule is COc1cccc(C(CN)N(C)C(=O)OC(C)(C)C)c1. The summed E-state index contributed by atoms with van der Waals surface area (Å²) in [6.45, 7) is 5.81. The zero-order chi connectivity index (χ0) is 15.3. The lowest BCUT2D eigenvalue weighted by atomic mass is 10.1. The van der Waals surface area contributed by atoms with Crippen molar-refractivity contribution in [1.82, 2.24) is 4.90 Å². The van der Waals surface area contributed by atoms with Gasteiger partial charge in [0.25, 0.3) is 0 Å². The maximum Gasteiger partial charge on any atom is 0.410 e. The Balaban J connectivity index is 2.91. The molecule has 2 N–H and O–H groups in total. The van der Waals surface area contributed by atoms with Crippen molar-refractivity contribution in [3.8, 4) is 5.75 Å². The van der Waals surface area contributed by atoms with Crippen LogP contribution in [0.3, 0.4) is 0 Å². The highest BCUT2D eigenvalue weighted by atomic mass is 16.6. The molecule has 0 saturated heterocycles. The van der Waals surface area contributed by atoms with Gasteiger partial charge in [-0.3, -0.25) is 0 Å². The maximum absolute atomic E-state index is 12.1. The number of ether oxygens (including phenoxy) is 2. The van der Waals surface area contributed by atoms with Crippen LogP contribution in [0.25, 0.3) is 0 Å². The molecule has 112 valence electrons. The minimum absolute atomic E-state index is 0.250. The van der Waals surface area contributed by atoms with Gasteiger partial charge in [0.2, 0.25) is 0 Å². The smallest absolute Gasteiger partial charge is 0.410 e. The van der Waals surface area contributed by atoms with Crippen LogP contribution in [0.4, 0.5) is 4.79 Å². The second-order valence-corrected chi connectivity index (χ2v) is 5.62. The molecule has 1 amide bonds. The summed E-state index contributed by atoms with van der Waals surface area (Å²) in [5, 5.41) is 0. The van der Waals surface area contributed by atoms with E-state index in [1.807, 2.05) is 45.0 Å². The fourth-order valence-electron chi connectivity index (χ4n) is 1.83. The summed E-state index contributed by atoms with van der Waals surface area (Å²) in [7, 11) is 3.29. The minimum Gasteiger partial charge on any atom is -0.497 e. The van der Waals surface area contributed by atoms with E-state index in [0.29, 0.717) is 6.54 Å². The van der Waals surface area contributed by atoms with Crippen molar-refractivity contribution < 1.29 is 14.3 Å². The normalized spacial score (nSPS) is 12.7. The first kappa shape index (κ1) is 16.3. The van der Waals surface area contributed by atoms with Crippen LogP contribution in [0.1, 0.15) is 32.4 Å². The Morgan fingerprint density at radius 3 is 2.55 bits per heavy atom. The fraction of sp³-hybridized carbons (Fsp3) is 0.533. The number of benzene rings is 1. The van der Waals surface area contributed by atoms with Crippen LogP contribution in [0, 0.1) is 0 Å². The second kappa shape index (κ2) is 6.61. The topological polar surface area (TPSA) is 64.8 Å². The molecule has 1 aromatic carbocycles. The first-order valence-electron chi connectivity index (χ1n) is 6.58. The van der Waals surface area contributed by atoms with Crippen LogP contribution in [0.2, 0.25) is 0 Å². The zero-order valence-electron chi connectivity index (χ0n) is 12.8. The van der Waals surface area contributed by atoms with Crippen LogP contribution >= 0.6 is 0 Å². The van der Waals surface area contributed by atoms with Crippen molar-refractivity contribution in [2.24, 2.45) is 5.73 Å². The number of hydrogen-bond acceptors (Lipinski definition) is 4. The summed E-state index contributed by atoms with van der Waals surface area (Å²) >= 11 is 0. The number of carbonyl (C=O) groups is 1. The van der Waals surface area contributed by atoms with Crippen LogP contribution in [-0.4, -0.2) is 37.3 Å². The molecule has 1 rings (SSSR count). The van der Waals surface area contributed by atoms with E-state index < -0.39 is 11.7 Å². The monoisotopic (exact) mass is 280 g/mol. The third-order valence-electron chi connectivity index (χ3n) is 2.85. The molecule has 0 radical (unpaired) electrons. The van der Waals surface area contributed by atoms with Gasteiger partial charge >= 0.3 is 6.09 Å². The summed E-state index contributed by atoms with van der Waals surface area (Å²) in [6, 6.07) is 7.27. The van der Waals surface area contributed by atoms with Gasteiger partial charge in [-0.15, -0.1) is 0 Å².